The van der Waals surface area contributed by atoms with E-state index in [1.807, 2.05) is 13.0 Å². The van der Waals surface area contributed by atoms with Gasteiger partial charge in [0.1, 0.15) is 0 Å². The first kappa shape index (κ1) is 15.1. The lowest BCUT2D eigenvalue weighted by atomic mass is 10.1. The minimum Gasteiger partial charge on any atom is -0.370 e. The fraction of sp³-hybridized carbons (Fsp3) is 0.294. The van der Waals surface area contributed by atoms with Gasteiger partial charge < -0.3 is 10.6 Å². The van der Waals surface area contributed by atoms with Gasteiger partial charge in [0.15, 0.2) is 0 Å². The predicted molar refractivity (Wildman–Crippen MR) is 90.0 cm³/mol. The van der Waals surface area contributed by atoms with E-state index < -0.39 is 0 Å². The summed E-state index contributed by atoms with van der Waals surface area (Å²) in [6.07, 6.45) is 0.892. The molecule has 2 aromatic rings. The normalized spacial score (nSPS) is 12.2. The molecular weight excluding hydrogens is 312 g/mol. The number of benzene rings is 2. The summed E-state index contributed by atoms with van der Waals surface area (Å²) in [5.41, 5.74) is 9.64. The molecule has 0 fully saturated rings. The highest BCUT2D eigenvalue weighted by Crippen LogP contribution is 2.25. The quantitative estimate of drug-likeness (QED) is 0.897. The number of halogens is 1. The highest BCUT2D eigenvalue weighted by atomic mass is 79.9. The minimum atomic E-state index is 0.180. The van der Waals surface area contributed by atoms with Gasteiger partial charge in [-0.1, -0.05) is 52.3 Å². The van der Waals surface area contributed by atoms with Crippen LogP contribution in [0.25, 0.3) is 0 Å². The second-order valence-electron chi connectivity index (χ2n) is 5.30. The van der Waals surface area contributed by atoms with E-state index in [9.17, 15) is 0 Å². The maximum Gasteiger partial charge on any atom is 0.0426 e. The number of hydrogen-bond acceptors (Lipinski definition) is 2. The molecule has 1 unspecified atom stereocenters. The molecule has 3 heteroatoms. The largest absolute Gasteiger partial charge is 0.370 e. The molecule has 0 bridgehead atoms. The lowest BCUT2D eigenvalue weighted by Crippen LogP contribution is -2.19. The SMILES string of the molecule is CC(N)Cc1ccc(N(C)Cc2ccccc2)cc1Br. The van der Waals surface area contributed by atoms with Gasteiger partial charge >= 0.3 is 0 Å². The maximum absolute atomic E-state index is 5.86. The molecule has 2 N–H and O–H groups in total. The van der Waals surface area contributed by atoms with Gasteiger partial charge in [-0.15, -0.1) is 0 Å². The summed E-state index contributed by atoms with van der Waals surface area (Å²) in [4.78, 5) is 2.25. The monoisotopic (exact) mass is 332 g/mol. The van der Waals surface area contributed by atoms with Crippen LogP contribution in [-0.4, -0.2) is 13.1 Å². The van der Waals surface area contributed by atoms with Crippen molar-refractivity contribution in [1.29, 1.82) is 0 Å². The molecule has 106 valence electrons. The van der Waals surface area contributed by atoms with E-state index in [2.05, 4.69) is 70.3 Å². The van der Waals surface area contributed by atoms with Crippen LogP contribution in [0.15, 0.2) is 53.0 Å². The van der Waals surface area contributed by atoms with E-state index in [1.165, 1.54) is 16.8 Å². The Bertz CT molecular complexity index is 552. The lowest BCUT2D eigenvalue weighted by Gasteiger charge is -2.21. The molecule has 0 radical (unpaired) electrons. The molecule has 0 amide bonds. The summed E-state index contributed by atoms with van der Waals surface area (Å²) in [7, 11) is 2.11. The molecule has 20 heavy (non-hydrogen) atoms. The van der Waals surface area contributed by atoms with Crippen LogP contribution in [0.2, 0.25) is 0 Å². The molecule has 2 rings (SSSR count). The number of nitrogens with zero attached hydrogens (tertiary/aromatic N) is 1. The van der Waals surface area contributed by atoms with E-state index in [0.29, 0.717) is 0 Å². The molecule has 0 aliphatic heterocycles. The second kappa shape index (κ2) is 6.91. The molecule has 0 aliphatic rings. The summed E-state index contributed by atoms with van der Waals surface area (Å²) in [5.74, 6) is 0. The smallest absolute Gasteiger partial charge is 0.0426 e. The van der Waals surface area contributed by atoms with Crippen LogP contribution in [0.4, 0.5) is 5.69 Å². The van der Waals surface area contributed by atoms with E-state index >= 15 is 0 Å². The van der Waals surface area contributed by atoms with Crippen molar-refractivity contribution in [2.75, 3.05) is 11.9 Å². The minimum absolute atomic E-state index is 0.180. The molecule has 2 aromatic carbocycles. The fourth-order valence-corrected chi connectivity index (χ4v) is 2.76. The Morgan fingerprint density at radius 2 is 1.85 bits per heavy atom. The maximum atomic E-state index is 5.86. The zero-order valence-electron chi connectivity index (χ0n) is 12.0. The zero-order valence-corrected chi connectivity index (χ0v) is 13.6. The molecule has 0 saturated heterocycles. The number of anilines is 1. The number of rotatable bonds is 5. The fourth-order valence-electron chi connectivity index (χ4n) is 2.23. The first-order valence-corrected chi connectivity index (χ1v) is 7.64. The Hall–Kier alpha value is -1.32. The molecule has 0 heterocycles. The van der Waals surface area contributed by atoms with Crippen molar-refractivity contribution in [2.45, 2.75) is 25.9 Å². The Kier molecular flexibility index (Phi) is 5.21. The Balaban J connectivity index is 2.11. The Morgan fingerprint density at radius 1 is 1.15 bits per heavy atom. The molecule has 0 aromatic heterocycles. The molecule has 0 aliphatic carbocycles. The third-order valence-electron chi connectivity index (χ3n) is 3.28. The first-order chi connectivity index (χ1) is 9.56. The highest BCUT2D eigenvalue weighted by molar-refractivity contribution is 9.10. The average molecular weight is 333 g/mol. The summed E-state index contributed by atoms with van der Waals surface area (Å²) in [6, 6.07) is 17.2. The van der Waals surface area contributed by atoms with Gasteiger partial charge in [0.05, 0.1) is 0 Å². The van der Waals surface area contributed by atoms with Crippen molar-refractivity contribution in [1.82, 2.24) is 0 Å². The number of hydrogen-bond donors (Lipinski definition) is 1. The molecule has 2 nitrogen and oxygen atoms in total. The Labute approximate surface area is 129 Å². The van der Waals surface area contributed by atoms with Crippen LogP contribution in [0.1, 0.15) is 18.1 Å². The van der Waals surface area contributed by atoms with Crippen LogP contribution >= 0.6 is 15.9 Å². The third-order valence-corrected chi connectivity index (χ3v) is 4.02. The summed E-state index contributed by atoms with van der Waals surface area (Å²) in [6.45, 7) is 2.93. The highest BCUT2D eigenvalue weighted by Gasteiger charge is 2.07. The van der Waals surface area contributed by atoms with Crippen LogP contribution in [0.3, 0.4) is 0 Å². The van der Waals surface area contributed by atoms with Crippen LogP contribution in [0, 0.1) is 0 Å². The van der Waals surface area contributed by atoms with Gasteiger partial charge in [-0.05, 0) is 36.6 Å². The molecule has 0 spiro atoms. The topological polar surface area (TPSA) is 29.3 Å². The van der Waals surface area contributed by atoms with Crippen molar-refractivity contribution >= 4 is 21.6 Å². The van der Waals surface area contributed by atoms with Crippen LogP contribution in [0.5, 0.6) is 0 Å². The van der Waals surface area contributed by atoms with Crippen molar-refractivity contribution in [2.24, 2.45) is 5.73 Å². The van der Waals surface area contributed by atoms with Crippen molar-refractivity contribution in [3.63, 3.8) is 0 Å². The van der Waals surface area contributed by atoms with Gasteiger partial charge in [-0.25, -0.2) is 0 Å². The molecule has 1 atom stereocenters. The predicted octanol–water partition coefficient (Wildman–Crippen LogP) is 3.98. The van der Waals surface area contributed by atoms with Crippen molar-refractivity contribution in [3.05, 3.63) is 64.1 Å². The third kappa shape index (κ3) is 4.09. The van der Waals surface area contributed by atoms with E-state index in [1.54, 1.807) is 0 Å². The van der Waals surface area contributed by atoms with Gasteiger partial charge in [0.25, 0.3) is 0 Å². The lowest BCUT2D eigenvalue weighted by molar-refractivity contribution is 0.736. The van der Waals surface area contributed by atoms with E-state index in [0.717, 1.165) is 17.4 Å². The van der Waals surface area contributed by atoms with Crippen LogP contribution < -0.4 is 10.6 Å². The van der Waals surface area contributed by atoms with E-state index in [-0.39, 0.29) is 6.04 Å². The zero-order chi connectivity index (χ0) is 14.5. The summed E-state index contributed by atoms with van der Waals surface area (Å²) in [5, 5.41) is 0. The first-order valence-electron chi connectivity index (χ1n) is 6.85. The number of nitrogens with two attached hydrogens (primary N) is 1. The summed E-state index contributed by atoms with van der Waals surface area (Å²) >= 11 is 3.65. The average Bonchev–Trinajstić information content (AvgIpc) is 2.41. The van der Waals surface area contributed by atoms with Gasteiger partial charge in [0.2, 0.25) is 0 Å². The summed E-state index contributed by atoms with van der Waals surface area (Å²) < 4.78 is 1.13. The van der Waals surface area contributed by atoms with Gasteiger partial charge in [0, 0.05) is 29.8 Å². The van der Waals surface area contributed by atoms with Crippen LogP contribution in [-0.2, 0) is 13.0 Å². The standard InChI is InChI=1S/C17H21BrN2/c1-13(19)10-15-8-9-16(11-17(15)18)20(2)12-14-6-4-3-5-7-14/h3-9,11,13H,10,12,19H2,1-2H3. The van der Waals surface area contributed by atoms with Gasteiger partial charge in [-0.3, -0.25) is 0 Å². The van der Waals surface area contributed by atoms with Crippen molar-refractivity contribution in [3.8, 4) is 0 Å². The van der Waals surface area contributed by atoms with Crippen molar-refractivity contribution < 1.29 is 0 Å². The Morgan fingerprint density at radius 3 is 2.45 bits per heavy atom. The molecule has 0 saturated carbocycles. The van der Waals surface area contributed by atoms with Gasteiger partial charge in [-0.2, -0.15) is 0 Å². The van der Waals surface area contributed by atoms with E-state index in [4.69, 9.17) is 5.73 Å². The molecular formula is C17H21BrN2. The second-order valence-corrected chi connectivity index (χ2v) is 6.15.